The Balaban J connectivity index is 1.90. The molecular formula is C13H18ClNO3S. The maximum atomic E-state index is 11.5. The van der Waals surface area contributed by atoms with Crippen molar-refractivity contribution in [1.82, 2.24) is 5.32 Å². The summed E-state index contributed by atoms with van der Waals surface area (Å²) in [5.74, 6) is 0.431. The molecule has 1 aliphatic heterocycles. The number of nitrogens with one attached hydrogen (secondary N) is 1. The Labute approximate surface area is 118 Å². The first kappa shape index (κ1) is 14.8. The van der Waals surface area contributed by atoms with Crippen LogP contribution in [0.4, 0.5) is 0 Å². The van der Waals surface area contributed by atoms with Crippen molar-refractivity contribution in [2.75, 3.05) is 18.1 Å². The zero-order valence-electron chi connectivity index (χ0n) is 10.5. The first-order chi connectivity index (χ1) is 8.98. The van der Waals surface area contributed by atoms with Gasteiger partial charge in [-0.1, -0.05) is 29.8 Å². The molecule has 0 radical (unpaired) electrons. The van der Waals surface area contributed by atoms with E-state index < -0.39 is 15.9 Å². The fourth-order valence-electron chi connectivity index (χ4n) is 2.32. The van der Waals surface area contributed by atoms with Crippen molar-refractivity contribution >= 4 is 21.4 Å². The van der Waals surface area contributed by atoms with E-state index in [9.17, 15) is 13.5 Å². The van der Waals surface area contributed by atoms with Crippen LogP contribution in [0.15, 0.2) is 24.3 Å². The highest BCUT2D eigenvalue weighted by Gasteiger charge is 2.25. The van der Waals surface area contributed by atoms with Gasteiger partial charge in [-0.2, -0.15) is 0 Å². The summed E-state index contributed by atoms with van der Waals surface area (Å²) in [5.41, 5.74) is 0.662. The zero-order chi connectivity index (χ0) is 13.9. The Bertz CT molecular complexity index is 532. The maximum Gasteiger partial charge on any atom is 0.151 e. The maximum absolute atomic E-state index is 11.5. The molecule has 4 nitrogen and oxygen atoms in total. The monoisotopic (exact) mass is 303 g/mol. The molecule has 0 bridgehead atoms. The number of hydrogen-bond acceptors (Lipinski definition) is 4. The van der Waals surface area contributed by atoms with Crippen LogP contribution in [-0.2, 0) is 9.84 Å². The average molecular weight is 304 g/mol. The van der Waals surface area contributed by atoms with Gasteiger partial charge in [0, 0.05) is 23.2 Å². The van der Waals surface area contributed by atoms with Crippen molar-refractivity contribution in [2.24, 2.45) is 0 Å². The van der Waals surface area contributed by atoms with Crippen molar-refractivity contribution in [3.63, 3.8) is 0 Å². The van der Waals surface area contributed by atoms with Gasteiger partial charge in [-0.05, 0) is 18.9 Å². The van der Waals surface area contributed by atoms with Crippen LogP contribution in [0.2, 0.25) is 5.02 Å². The third-order valence-electron chi connectivity index (χ3n) is 3.33. The smallest absolute Gasteiger partial charge is 0.151 e. The Morgan fingerprint density at radius 2 is 2.16 bits per heavy atom. The Morgan fingerprint density at radius 1 is 1.42 bits per heavy atom. The lowest BCUT2D eigenvalue weighted by Crippen LogP contribution is -2.41. The molecule has 106 valence electrons. The number of hydrogen-bond donors (Lipinski definition) is 2. The number of benzene rings is 1. The molecule has 0 saturated carbocycles. The van der Waals surface area contributed by atoms with Crippen molar-refractivity contribution in [3.8, 4) is 0 Å². The summed E-state index contributed by atoms with van der Waals surface area (Å²) in [6.07, 6.45) is 0.787. The minimum atomic E-state index is -2.92. The van der Waals surface area contributed by atoms with Crippen molar-refractivity contribution in [1.29, 1.82) is 0 Å². The minimum absolute atomic E-state index is 0.0733. The highest BCUT2D eigenvalue weighted by atomic mass is 35.5. The minimum Gasteiger partial charge on any atom is -0.387 e. The highest BCUT2D eigenvalue weighted by Crippen LogP contribution is 2.22. The Kier molecular flexibility index (Phi) is 4.84. The fraction of sp³-hybridized carbons (Fsp3) is 0.538. The van der Waals surface area contributed by atoms with Crippen LogP contribution >= 0.6 is 11.6 Å². The average Bonchev–Trinajstić information content (AvgIpc) is 2.35. The topological polar surface area (TPSA) is 66.4 Å². The lowest BCUT2D eigenvalue weighted by Gasteiger charge is -2.24. The Morgan fingerprint density at radius 3 is 2.84 bits per heavy atom. The van der Waals surface area contributed by atoms with Crippen LogP contribution in [0.3, 0.4) is 0 Å². The third kappa shape index (κ3) is 4.18. The molecular weight excluding hydrogens is 286 g/mol. The summed E-state index contributed by atoms with van der Waals surface area (Å²) >= 11 is 6.00. The summed E-state index contributed by atoms with van der Waals surface area (Å²) in [6.45, 7) is 0.309. The molecule has 2 rings (SSSR count). The van der Waals surface area contributed by atoms with E-state index in [1.807, 2.05) is 6.07 Å². The quantitative estimate of drug-likeness (QED) is 0.885. The van der Waals surface area contributed by atoms with Gasteiger partial charge < -0.3 is 10.4 Å². The van der Waals surface area contributed by atoms with Crippen LogP contribution in [-0.4, -0.2) is 37.6 Å². The van der Waals surface area contributed by atoms with Gasteiger partial charge >= 0.3 is 0 Å². The first-order valence-corrected chi connectivity index (χ1v) is 8.54. The molecule has 2 N–H and O–H groups in total. The summed E-state index contributed by atoms with van der Waals surface area (Å²) in [5, 5.41) is 13.7. The van der Waals surface area contributed by atoms with Crippen molar-refractivity contribution in [2.45, 2.75) is 25.0 Å². The van der Waals surface area contributed by atoms with E-state index in [1.54, 1.807) is 18.2 Å². The zero-order valence-corrected chi connectivity index (χ0v) is 12.1. The number of halogens is 1. The highest BCUT2D eigenvalue weighted by molar-refractivity contribution is 7.91. The molecule has 6 heteroatoms. The molecule has 2 unspecified atom stereocenters. The molecule has 0 amide bonds. The second kappa shape index (κ2) is 6.22. The molecule has 1 aromatic carbocycles. The summed E-state index contributed by atoms with van der Waals surface area (Å²) in [6, 6.07) is 7.04. The molecule has 0 spiro atoms. The van der Waals surface area contributed by atoms with Crippen molar-refractivity contribution < 1.29 is 13.5 Å². The van der Waals surface area contributed by atoms with E-state index in [2.05, 4.69) is 5.32 Å². The molecule has 0 aromatic heterocycles. The second-order valence-corrected chi connectivity index (χ2v) is 7.53. The van der Waals surface area contributed by atoms with Gasteiger partial charge in [0.25, 0.3) is 0 Å². The molecule has 1 heterocycles. The molecule has 1 aliphatic rings. The molecule has 2 atom stereocenters. The van der Waals surface area contributed by atoms with E-state index in [1.165, 1.54) is 0 Å². The van der Waals surface area contributed by atoms with Crippen molar-refractivity contribution in [3.05, 3.63) is 34.9 Å². The van der Waals surface area contributed by atoms with E-state index >= 15 is 0 Å². The van der Waals surface area contributed by atoms with Crippen LogP contribution in [0, 0.1) is 0 Å². The summed E-state index contributed by atoms with van der Waals surface area (Å²) in [4.78, 5) is 0. The van der Waals surface area contributed by atoms with Crippen LogP contribution in [0.25, 0.3) is 0 Å². The number of sulfone groups is 1. The second-order valence-electron chi connectivity index (χ2n) is 4.90. The van der Waals surface area contributed by atoms with E-state index in [0.29, 0.717) is 23.6 Å². The molecule has 1 saturated heterocycles. The van der Waals surface area contributed by atoms with Gasteiger partial charge in [0.1, 0.15) is 0 Å². The van der Waals surface area contributed by atoms with Gasteiger partial charge in [0.05, 0.1) is 17.6 Å². The van der Waals surface area contributed by atoms with Crippen LogP contribution in [0.5, 0.6) is 0 Å². The predicted octanol–water partition coefficient (Wildman–Crippen LogP) is 1.54. The first-order valence-electron chi connectivity index (χ1n) is 6.34. The SMILES string of the molecule is O=S1(=O)CCCC(NCC(O)c2ccccc2Cl)C1. The predicted molar refractivity (Wildman–Crippen MR) is 76.1 cm³/mol. The van der Waals surface area contributed by atoms with Gasteiger partial charge in [-0.15, -0.1) is 0 Å². The molecule has 19 heavy (non-hydrogen) atoms. The summed E-state index contributed by atoms with van der Waals surface area (Å²) in [7, 11) is -2.92. The van der Waals surface area contributed by atoms with Gasteiger partial charge in [0.15, 0.2) is 9.84 Å². The number of aliphatic hydroxyl groups excluding tert-OH is 1. The van der Waals surface area contributed by atoms with Gasteiger partial charge in [-0.3, -0.25) is 0 Å². The van der Waals surface area contributed by atoms with Gasteiger partial charge in [-0.25, -0.2) is 8.42 Å². The van der Waals surface area contributed by atoms with Crippen LogP contribution < -0.4 is 5.32 Å². The summed E-state index contributed by atoms with van der Waals surface area (Å²) < 4.78 is 23.0. The molecule has 1 aromatic rings. The van der Waals surface area contributed by atoms with E-state index in [4.69, 9.17) is 11.6 Å². The fourth-order valence-corrected chi connectivity index (χ4v) is 4.25. The lowest BCUT2D eigenvalue weighted by atomic mass is 10.1. The van der Waals surface area contributed by atoms with E-state index in [0.717, 1.165) is 6.42 Å². The molecule has 0 aliphatic carbocycles. The van der Waals surface area contributed by atoms with Crippen LogP contribution in [0.1, 0.15) is 24.5 Å². The normalized spacial score (nSPS) is 24.0. The third-order valence-corrected chi connectivity index (χ3v) is 5.49. The lowest BCUT2D eigenvalue weighted by molar-refractivity contribution is 0.170. The largest absolute Gasteiger partial charge is 0.387 e. The van der Waals surface area contributed by atoms with E-state index in [-0.39, 0.29) is 17.5 Å². The number of aliphatic hydroxyl groups is 1. The molecule has 1 fully saturated rings. The number of rotatable bonds is 4. The standard InChI is InChI=1S/C13H18ClNO3S/c14-12-6-2-1-5-11(12)13(16)8-15-10-4-3-7-19(17,18)9-10/h1-2,5-6,10,13,15-16H,3-4,7-9H2. The Hall–Kier alpha value is -0.620. The van der Waals surface area contributed by atoms with Gasteiger partial charge in [0.2, 0.25) is 0 Å².